The van der Waals surface area contributed by atoms with Crippen molar-refractivity contribution < 1.29 is 0 Å². The van der Waals surface area contributed by atoms with E-state index in [2.05, 4.69) is 11.8 Å². The summed E-state index contributed by atoms with van der Waals surface area (Å²) in [6, 6.07) is 6.40. The monoisotopic (exact) mass is 252 g/mol. The van der Waals surface area contributed by atoms with Gasteiger partial charge in [-0.05, 0) is 38.4 Å². The smallest absolute Gasteiger partial charge is 0.0471 e. The van der Waals surface area contributed by atoms with Gasteiger partial charge in [-0.3, -0.25) is 4.90 Å². The number of nitrogens with zero attached hydrogens (tertiary/aromatic N) is 1. The van der Waals surface area contributed by atoms with E-state index in [1.807, 2.05) is 18.2 Å². The summed E-state index contributed by atoms with van der Waals surface area (Å²) in [5, 5.41) is 0.793. The molecular formula is C14H21ClN2. The maximum Gasteiger partial charge on any atom is 0.0471 e. The van der Waals surface area contributed by atoms with Gasteiger partial charge < -0.3 is 5.73 Å². The topological polar surface area (TPSA) is 29.3 Å². The summed E-state index contributed by atoms with van der Waals surface area (Å²) >= 11 is 6.23. The second-order valence-corrected chi connectivity index (χ2v) is 5.38. The van der Waals surface area contributed by atoms with Gasteiger partial charge in [-0.25, -0.2) is 0 Å². The van der Waals surface area contributed by atoms with E-state index in [4.69, 9.17) is 17.3 Å². The predicted octanol–water partition coefficient (Wildman–Crippen LogP) is 3.69. The number of nitrogens with two attached hydrogens (primary N) is 1. The Labute approximate surface area is 109 Å². The first-order chi connectivity index (χ1) is 8.18. The first kappa shape index (κ1) is 12.7. The van der Waals surface area contributed by atoms with Crippen molar-refractivity contribution in [2.45, 2.75) is 45.2 Å². The number of hydrogen-bond acceptors (Lipinski definition) is 2. The van der Waals surface area contributed by atoms with Crippen LogP contribution in [0.2, 0.25) is 5.02 Å². The molecule has 94 valence electrons. The molecule has 0 bridgehead atoms. The lowest BCUT2D eigenvalue weighted by atomic mass is 10.1. The fourth-order valence-corrected chi connectivity index (χ4v) is 2.76. The molecule has 1 heterocycles. The van der Waals surface area contributed by atoms with E-state index in [1.54, 1.807) is 0 Å². The molecule has 0 aromatic heterocycles. The number of likely N-dealkylation sites (tertiary alicyclic amines) is 1. The van der Waals surface area contributed by atoms with E-state index >= 15 is 0 Å². The summed E-state index contributed by atoms with van der Waals surface area (Å²) in [6.07, 6.45) is 5.26. The van der Waals surface area contributed by atoms with Gasteiger partial charge in [-0.15, -0.1) is 0 Å². The Morgan fingerprint density at radius 1 is 1.35 bits per heavy atom. The number of halogens is 1. The van der Waals surface area contributed by atoms with Crippen LogP contribution in [0.5, 0.6) is 0 Å². The third kappa shape index (κ3) is 3.14. The first-order valence-electron chi connectivity index (χ1n) is 6.45. The zero-order chi connectivity index (χ0) is 12.3. The van der Waals surface area contributed by atoms with Crippen molar-refractivity contribution in [1.29, 1.82) is 0 Å². The molecule has 1 saturated heterocycles. The predicted molar refractivity (Wildman–Crippen MR) is 74.2 cm³/mol. The normalized spacial score (nSPS) is 22.4. The molecule has 1 aliphatic rings. The Kier molecular flexibility index (Phi) is 4.30. The average Bonchev–Trinajstić information content (AvgIpc) is 2.49. The maximum absolute atomic E-state index is 6.23. The van der Waals surface area contributed by atoms with Crippen molar-refractivity contribution in [1.82, 2.24) is 4.90 Å². The average molecular weight is 253 g/mol. The molecule has 0 aliphatic carbocycles. The van der Waals surface area contributed by atoms with Crippen LogP contribution in [0.1, 0.15) is 38.2 Å². The highest BCUT2D eigenvalue weighted by molar-refractivity contribution is 6.31. The van der Waals surface area contributed by atoms with Crippen LogP contribution in [-0.4, -0.2) is 17.5 Å². The van der Waals surface area contributed by atoms with Crippen molar-refractivity contribution >= 4 is 17.3 Å². The summed E-state index contributed by atoms with van der Waals surface area (Å²) < 4.78 is 0. The van der Waals surface area contributed by atoms with Gasteiger partial charge in [0.1, 0.15) is 0 Å². The van der Waals surface area contributed by atoms with E-state index in [-0.39, 0.29) is 0 Å². The summed E-state index contributed by atoms with van der Waals surface area (Å²) in [4.78, 5) is 2.50. The van der Waals surface area contributed by atoms with Gasteiger partial charge in [-0.1, -0.05) is 30.5 Å². The van der Waals surface area contributed by atoms with Gasteiger partial charge in [0.25, 0.3) is 0 Å². The van der Waals surface area contributed by atoms with E-state index < -0.39 is 0 Å². The Bertz CT molecular complexity index is 358. The molecule has 17 heavy (non-hydrogen) atoms. The molecule has 2 rings (SSSR count). The van der Waals surface area contributed by atoms with Crippen LogP contribution in [0.4, 0.5) is 5.69 Å². The van der Waals surface area contributed by atoms with Gasteiger partial charge in [0, 0.05) is 28.9 Å². The fraction of sp³-hybridized carbons (Fsp3) is 0.571. The zero-order valence-corrected chi connectivity index (χ0v) is 11.2. The van der Waals surface area contributed by atoms with Crippen LogP contribution in [0.25, 0.3) is 0 Å². The van der Waals surface area contributed by atoms with Crippen LogP contribution in [0, 0.1) is 0 Å². The van der Waals surface area contributed by atoms with Crippen molar-refractivity contribution in [2.24, 2.45) is 0 Å². The molecule has 0 saturated carbocycles. The molecule has 2 N–H and O–H groups in total. The molecule has 2 nitrogen and oxygen atoms in total. The third-order valence-electron chi connectivity index (χ3n) is 3.71. The largest absolute Gasteiger partial charge is 0.398 e. The number of rotatable bonds is 2. The summed E-state index contributed by atoms with van der Waals surface area (Å²) in [5.74, 6) is 0. The van der Waals surface area contributed by atoms with Crippen LogP contribution in [0.15, 0.2) is 18.2 Å². The Morgan fingerprint density at radius 3 is 2.94 bits per heavy atom. The summed E-state index contributed by atoms with van der Waals surface area (Å²) in [5.41, 5.74) is 7.91. The van der Waals surface area contributed by atoms with Crippen molar-refractivity contribution in [2.75, 3.05) is 12.3 Å². The molecule has 1 atom stereocenters. The van der Waals surface area contributed by atoms with E-state index in [9.17, 15) is 0 Å². The number of anilines is 1. The van der Waals surface area contributed by atoms with Gasteiger partial charge in [-0.2, -0.15) is 0 Å². The van der Waals surface area contributed by atoms with E-state index in [1.165, 1.54) is 25.7 Å². The fourth-order valence-electron chi connectivity index (χ4n) is 2.51. The minimum atomic E-state index is 0.633. The number of hydrogen-bond donors (Lipinski definition) is 1. The molecule has 1 aliphatic heterocycles. The first-order valence-corrected chi connectivity index (χ1v) is 6.83. The standard InChI is InChI=1S/C14H21ClN2/c1-11-6-3-2-4-9-17(11)10-12-13(15)7-5-8-14(12)16/h5,7-8,11H,2-4,6,9-10,16H2,1H3. The van der Waals surface area contributed by atoms with Gasteiger partial charge in [0.05, 0.1) is 0 Å². The lowest BCUT2D eigenvalue weighted by Crippen LogP contribution is -2.32. The molecule has 0 amide bonds. The van der Waals surface area contributed by atoms with Crippen molar-refractivity contribution in [3.8, 4) is 0 Å². The number of benzene rings is 1. The lowest BCUT2D eigenvalue weighted by molar-refractivity contribution is 0.205. The third-order valence-corrected chi connectivity index (χ3v) is 4.06. The summed E-state index contributed by atoms with van der Waals surface area (Å²) in [7, 11) is 0. The van der Waals surface area contributed by atoms with Crippen molar-refractivity contribution in [3.05, 3.63) is 28.8 Å². The minimum absolute atomic E-state index is 0.633. The second-order valence-electron chi connectivity index (χ2n) is 4.98. The maximum atomic E-state index is 6.23. The molecular weight excluding hydrogens is 232 g/mol. The Hall–Kier alpha value is -0.730. The van der Waals surface area contributed by atoms with E-state index in [0.717, 1.165) is 29.4 Å². The number of nitrogen functional groups attached to an aromatic ring is 1. The quantitative estimate of drug-likeness (QED) is 0.814. The zero-order valence-electron chi connectivity index (χ0n) is 10.5. The van der Waals surface area contributed by atoms with Crippen LogP contribution < -0.4 is 5.73 Å². The van der Waals surface area contributed by atoms with Crippen LogP contribution in [-0.2, 0) is 6.54 Å². The van der Waals surface area contributed by atoms with Crippen LogP contribution >= 0.6 is 11.6 Å². The minimum Gasteiger partial charge on any atom is -0.398 e. The van der Waals surface area contributed by atoms with E-state index in [0.29, 0.717) is 6.04 Å². The molecule has 0 spiro atoms. The van der Waals surface area contributed by atoms with Gasteiger partial charge in [0.2, 0.25) is 0 Å². The van der Waals surface area contributed by atoms with Gasteiger partial charge in [0.15, 0.2) is 0 Å². The SMILES string of the molecule is CC1CCCCCN1Cc1c(N)cccc1Cl. The molecule has 1 aromatic carbocycles. The van der Waals surface area contributed by atoms with Crippen molar-refractivity contribution in [3.63, 3.8) is 0 Å². The molecule has 1 fully saturated rings. The van der Waals surface area contributed by atoms with Gasteiger partial charge >= 0.3 is 0 Å². The highest BCUT2D eigenvalue weighted by atomic mass is 35.5. The van der Waals surface area contributed by atoms with Crippen LogP contribution in [0.3, 0.4) is 0 Å². The second kappa shape index (κ2) is 5.74. The summed E-state index contributed by atoms with van der Waals surface area (Å²) in [6.45, 7) is 4.34. The molecule has 0 radical (unpaired) electrons. The highest BCUT2D eigenvalue weighted by Crippen LogP contribution is 2.26. The Balaban J connectivity index is 2.13. The molecule has 3 heteroatoms. The Morgan fingerprint density at radius 2 is 2.18 bits per heavy atom. The highest BCUT2D eigenvalue weighted by Gasteiger charge is 2.18. The lowest BCUT2D eigenvalue weighted by Gasteiger charge is -2.27. The molecule has 1 aromatic rings. The molecule has 1 unspecified atom stereocenters.